The van der Waals surface area contributed by atoms with Crippen LogP contribution in [0.5, 0.6) is 0 Å². The van der Waals surface area contributed by atoms with E-state index >= 15 is 0 Å². The number of aliphatic hydroxyl groups excluding tert-OH is 2. The third kappa shape index (κ3) is 65.1. The molecule has 0 rings (SSSR count). The first-order valence-corrected chi connectivity index (χ1v) is 35.7. The maximum atomic E-state index is 12.5. The number of amides is 1. The summed E-state index contributed by atoms with van der Waals surface area (Å²) in [6.07, 6.45) is 87.8. The third-order valence-corrected chi connectivity index (χ3v) is 16.7. The zero-order chi connectivity index (χ0) is 57.1. The molecule has 6 nitrogen and oxygen atoms in total. The van der Waals surface area contributed by atoms with E-state index in [1.54, 1.807) is 0 Å². The molecule has 79 heavy (non-hydrogen) atoms. The van der Waals surface area contributed by atoms with E-state index in [1.165, 1.54) is 308 Å². The molecule has 0 fully saturated rings. The highest BCUT2D eigenvalue weighted by molar-refractivity contribution is 5.76. The molecule has 0 aliphatic carbocycles. The average Bonchev–Trinajstić information content (AvgIpc) is 3.45. The summed E-state index contributed by atoms with van der Waals surface area (Å²) in [6, 6.07) is -0.539. The highest BCUT2D eigenvalue weighted by atomic mass is 16.5. The topological polar surface area (TPSA) is 95.9 Å². The van der Waals surface area contributed by atoms with Crippen LogP contribution in [0, 0.1) is 0 Å². The number of esters is 1. The van der Waals surface area contributed by atoms with Gasteiger partial charge in [-0.2, -0.15) is 0 Å². The predicted molar refractivity (Wildman–Crippen MR) is 347 cm³/mol. The molecule has 0 saturated heterocycles. The van der Waals surface area contributed by atoms with Gasteiger partial charge in [0.05, 0.1) is 25.4 Å². The maximum Gasteiger partial charge on any atom is 0.305 e. The van der Waals surface area contributed by atoms with Crippen LogP contribution in [0.15, 0.2) is 36.5 Å². The van der Waals surface area contributed by atoms with Crippen LogP contribution in [0.2, 0.25) is 0 Å². The zero-order valence-electron chi connectivity index (χ0n) is 53.4. The van der Waals surface area contributed by atoms with Gasteiger partial charge in [0, 0.05) is 12.8 Å². The minimum atomic E-state index is -0.662. The molecule has 0 aromatic rings. The fourth-order valence-corrected chi connectivity index (χ4v) is 11.2. The van der Waals surface area contributed by atoms with E-state index in [0.717, 1.165) is 51.4 Å². The number of aliphatic hydroxyl groups is 2. The Morgan fingerprint density at radius 2 is 0.646 bits per heavy atom. The van der Waals surface area contributed by atoms with Crippen molar-refractivity contribution in [2.45, 2.75) is 405 Å². The Morgan fingerprint density at radius 1 is 0.354 bits per heavy atom. The summed E-state index contributed by atoms with van der Waals surface area (Å²) in [4.78, 5) is 24.5. The van der Waals surface area contributed by atoms with Gasteiger partial charge in [-0.1, -0.05) is 339 Å². The number of nitrogens with one attached hydrogen (secondary N) is 1. The number of unbranched alkanes of at least 4 members (excludes halogenated alkanes) is 50. The Morgan fingerprint density at radius 3 is 1.01 bits per heavy atom. The van der Waals surface area contributed by atoms with Crippen LogP contribution in [-0.4, -0.2) is 47.4 Å². The first kappa shape index (κ1) is 77.1. The van der Waals surface area contributed by atoms with Crippen LogP contribution in [0.25, 0.3) is 0 Å². The quantitative estimate of drug-likeness (QED) is 0.0320. The Kier molecular flexibility index (Phi) is 66.9. The highest BCUT2D eigenvalue weighted by Gasteiger charge is 2.20. The van der Waals surface area contributed by atoms with Gasteiger partial charge in [0.2, 0.25) is 5.91 Å². The molecule has 0 bridgehead atoms. The summed E-state index contributed by atoms with van der Waals surface area (Å²) in [5.74, 6) is -0.0222. The monoisotopic (exact) mass is 1110 g/mol. The van der Waals surface area contributed by atoms with Gasteiger partial charge in [0.15, 0.2) is 0 Å². The summed E-state index contributed by atoms with van der Waals surface area (Å²) >= 11 is 0. The molecular formula is C73H139NO5. The zero-order valence-corrected chi connectivity index (χ0v) is 53.4. The predicted octanol–water partition coefficient (Wildman–Crippen LogP) is 23.1. The lowest BCUT2D eigenvalue weighted by Gasteiger charge is -2.22. The van der Waals surface area contributed by atoms with E-state index in [-0.39, 0.29) is 18.5 Å². The Hall–Kier alpha value is -1.92. The van der Waals surface area contributed by atoms with Crippen molar-refractivity contribution < 1.29 is 24.5 Å². The second-order valence-electron chi connectivity index (χ2n) is 24.6. The van der Waals surface area contributed by atoms with Gasteiger partial charge in [-0.05, 0) is 77.0 Å². The largest absolute Gasteiger partial charge is 0.466 e. The van der Waals surface area contributed by atoms with Crippen molar-refractivity contribution >= 4 is 11.9 Å². The van der Waals surface area contributed by atoms with Crippen molar-refractivity contribution in [2.75, 3.05) is 13.2 Å². The van der Waals surface area contributed by atoms with Gasteiger partial charge in [-0.15, -0.1) is 0 Å². The van der Waals surface area contributed by atoms with E-state index in [4.69, 9.17) is 4.74 Å². The normalized spacial score (nSPS) is 12.7. The lowest BCUT2D eigenvalue weighted by Crippen LogP contribution is -2.45. The fourth-order valence-electron chi connectivity index (χ4n) is 11.2. The summed E-state index contributed by atoms with van der Waals surface area (Å²) in [6.45, 7) is 4.94. The second-order valence-corrected chi connectivity index (χ2v) is 24.6. The number of allylic oxidation sites excluding steroid dienone is 6. The van der Waals surface area contributed by atoms with E-state index < -0.39 is 12.1 Å². The van der Waals surface area contributed by atoms with Crippen LogP contribution >= 0.6 is 0 Å². The average molecular weight is 1110 g/mol. The molecule has 0 heterocycles. The summed E-state index contributed by atoms with van der Waals surface area (Å²) in [5, 5.41) is 23.3. The molecule has 3 N–H and O–H groups in total. The minimum absolute atomic E-state index is 0.00779. The van der Waals surface area contributed by atoms with Crippen molar-refractivity contribution in [3.8, 4) is 0 Å². The first-order valence-electron chi connectivity index (χ1n) is 35.7. The number of hydrogen-bond donors (Lipinski definition) is 3. The Labute approximate surface area is 494 Å². The molecular weight excluding hydrogens is 971 g/mol. The minimum Gasteiger partial charge on any atom is -0.466 e. The molecule has 0 radical (unpaired) electrons. The summed E-state index contributed by atoms with van der Waals surface area (Å²) < 4.78 is 5.47. The molecule has 466 valence electrons. The van der Waals surface area contributed by atoms with Crippen molar-refractivity contribution in [1.29, 1.82) is 0 Å². The van der Waals surface area contributed by atoms with Crippen LogP contribution in [0.4, 0.5) is 0 Å². The van der Waals surface area contributed by atoms with E-state index in [9.17, 15) is 19.8 Å². The van der Waals surface area contributed by atoms with Gasteiger partial charge in [-0.25, -0.2) is 0 Å². The molecule has 0 spiro atoms. The fraction of sp³-hybridized carbons (Fsp3) is 0.890. The molecule has 6 heteroatoms. The van der Waals surface area contributed by atoms with Crippen molar-refractivity contribution in [1.82, 2.24) is 5.32 Å². The van der Waals surface area contributed by atoms with Crippen LogP contribution < -0.4 is 5.32 Å². The van der Waals surface area contributed by atoms with Crippen molar-refractivity contribution in [2.24, 2.45) is 0 Å². The molecule has 0 aromatic heterocycles. The number of rotatable bonds is 67. The maximum absolute atomic E-state index is 12.5. The second kappa shape index (κ2) is 68.6. The number of carbonyl (C=O) groups is 2. The molecule has 2 atom stereocenters. The van der Waals surface area contributed by atoms with Crippen molar-refractivity contribution in [3.63, 3.8) is 0 Å². The highest BCUT2D eigenvalue weighted by Crippen LogP contribution is 2.19. The van der Waals surface area contributed by atoms with E-state index in [1.807, 2.05) is 0 Å². The first-order chi connectivity index (χ1) is 39.0. The molecule has 2 unspecified atom stereocenters. The van der Waals surface area contributed by atoms with Crippen LogP contribution in [-0.2, 0) is 14.3 Å². The van der Waals surface area contributed by atoms with E-state index in [2.05, 4.69) is 55.6 Å². The van der Waals surface area contributed by atoms with Gasteiger partial charge in [0.25, 0.3) is 0 Å². The van der Waals surface area contributed by atoms with Gasteiger partial charge < -0.3 is 20.3 Å². The molecule has 0 saturated carbocycles. The summed E-state index contributed by atoms with van der Waals surface area (Å²) in [5.41, 5.74) is 0. The number of hydrogen-bond acceptors (Lipinski definition) is 5. The molecule has 0 aliphatic heterocycles. The van der Waals surface area contributed by atoms with Gasteiger partial charge in [0.1, 0.15) is 0 Å². The number of ether oxygens (including phenoxy) is 1. The number of carbonyl (C=O) groups excluding carboxylic acids is 2. The Balaban J connectivity index is 3.36. The smallest absolute Gasteiger partial charge is 0.305 e. The molecule has 0 aromatic carbocycles. The lowest BCUT2D eigenvalue weighted by molar-refractivity contribution is -0.143. The Bertz CT molecular complexity index is 1280. The standard InChI is InChI=1S/C73H139NO5/c1-3-5-7-9-11-13-15-16-42-46-49-53-57-61-65-71(76)70(69-75)74-72(77)66-62-58-54-50-47-43-40-38-36-34-32-30-28-26-24-22-20-18-17-19-21-23-25-27-29-31-33-35-37-39-41-44-48-52-56-60-64-68-79-73(78)67-63-59-55-51-45-14-12-10-8-6-4-2/h10,12,17,19,23,25,70-71,75-76H,3-9,11,13-16,18,20-22,24,26-69H2,1-2H3,(H,74,77)/b12-10-,19-17-,25-23-. The molecule has 0 aliphatic rings. The van der Waals surface area contributed by atoms with E-state index in [0.29, 0.717) is 25.9 Å². The van der Waals surface area contributed by atoms with Gasteiger partial charge >= 0.3 is 5.97 Å². The lowest BCUT2D eigenvalue weighted by atomic mass is 10.0. The summed E-state index contributed by atoms with van der Waals surface area (Å²) in [7, 11) is 0. The van der Waals surface area contributed by atoms with Gasteiger partial charge in [-0.3, -0.25) is 9.59 Å². The molecule has 1 amide bonds. The van der Waals surface area contributed by atoms with Crippen molar-refractivity contribution in [3.05, 3.63) is 36.5 Å². The van der Waals surface area contributed by atoms with Crippen LogP contribution in [0.1, 0.15) is 393 Å². The van der Waals surface area contributed by atoms with Crippen LogP contribution in [0.3, 0.4) is 0 Å². The third-order valence-electron chi connectivity index (χ3n) is 16.7. The SMILES string of the molecule is CCCC/C=C\CCCCCCCC(=O)OCCCCCCCCCCCCCCC/C=C\C/C=C\CCCCCCCCCCCCCCCCCCCC(=O)NC(CO)C(O)CCCCCCCCCCCCCCCC.